The summed E-state index contributed by atoms with van der Waals surface area (Å²) in [6.07, 6.45) is 5.85. The van der Waals surface area contributed by atoms with Gasteiger partial charge in [-0.15, -0.1) is 11.3 Å². The van der Waals surface area contributed by atoms with Crippen LogP contribution in [0.2, 0.25) is 0 Å². The molecule has 24 heavy (non-hydrogen) atoms. The van der Waals surface area contributed by atoms with Crippen LogP contribution in [0, 0.1) is 5.92 Å². The molecule has 2 amide bonds. The molecule has 1 unspecified atom stereocenters. The highest BCUT2D eigenvalue weighted by molar-refractivity contribution is 7.11. The number of carbonyl (C=O) groups is 2. The Kier molecular flexibility index (Phi) is 4.30. The first kappa shape index (κ1) is 16.0. The molecule has 3 heterocycles. The molecule has 2 aliphatic heterocycles. The molecule has 0 spiro atoms. The fourth-order valence-corrected chi connectivity index (χ4v) is 5.37. The second kappa shape index (κ2) is 6.44. The molecule has 4 rings (SSSR count). The van der Waals surface area contributed by atoms with Crippen LogP contribution in [0.4, 0.5) is 0 Å². The predicted molar refractivity (Wildman–Crippen MR) is 91.5 cm³/mol. The summed E-state index contributed by atoms with van der Waals surface area (Å²) < 4.78 is 0. The van der Waals surface area contributed by atoms with E-state index in [9.17, 15) is 9.59 Å². The maximum absolute atomic E-state index is 12.1. The Morgan fingerprint density at radius 3 is 2.75 bits per heavy atom. The van der Waals surface area contributed by atoms with Crippen molar-refractivity contribution in [3.63, 3.8) is 0 Å². The van der Waals surface area contributed by atoms with E-state index in [1.807, 2.05) is 16.2 Å². The lowest BCUT2D eigenvalue weighted by atomic mass is 10.0. The number of hydrogen-bond acceptors (Lipinski definition) is 5. The van der Waals surface area contributed by atoms with Crippen molar-refractivity contribution in [2.75, 3.05) is 19.6 Å². The van der Waals surface area contributed by atoms with Gasteiger partial charge in [0.1, 0.15) is 5.01 Å². The Bertz CT molecular complexity index is 630. The van der Waals surface area contributed by atoms with E-state index < -0.39 is 0 Å². The van der Waals surface area contributed by atoms with Crippen LogP contribution in [0.25, 0.3) is 0 Å². The summed E-state index contributed by atoms with van der Waals surface area (Å²) in [5.74, 6) is -0.554. The maximum atomic E-state index is 12.1. The minimum absolute atomic E-state index is 0.0913. The second-order valence-electron chi connectivity index (χ2n) is 7.19. The Morgan fingerprint density at radius 2 is 2.08 bits per heavy atom. The molecular weight excluding hydrogens is 324 g/mol. The van der Waals surface area contributed by atoms with Gasteiger partial charge in [0, 0.05) is 37.0 Å². The molecule has 1 aliphatic carbocycles. The molecule has 7 heteroatoms. The number of fused-ring (bicyclic) bond motifs is 1. The van der Waals surface area contributed by atoms with E-state index in [0.717, 1.165) is 38.9 Å². The van der Waals surface area contributed by atoms with Crippen molar-refractivity contribution in [1.29, 1.82) is 0 Å². The normalized spacial score (nSPS) is 25.4. The lowest BCUT2D eigenvalue weighted by Crippen LogP contribution is -2.45. The predicted octanol–water partition coefficient (Wildman–Crippen LogP) is 0.930. The highest BCUT2D eigenvalue weighted by Crippen LogP contribution is 2.30. The molecule has 2 N–H and O–H groups in total. The van der Waals surface area contributed by atoms with Crippen LogP contribution in [-0.2, 0) is 29.0 Å². The van der Waals surface area contributed by atoms with Gasteiger partial charge < -0.3 is 10.6 Å². The molecule has 2 fully saturated rings. The number of carbonyl (C=O) groups excluding carboxylic acids is 2. The molecule has 1 atom stereocenters. The largest absolute Gasteiger partial charge is 0.369 e. The van der Waals surface area contributed by atoms with Crippen molar-refractivity contribution in [3.8, 4) is 0 Å². The third-order valence-electron chi connectivity index (χ3n) is 5.56. The summed E-state index contributed by atoms with van der Waals surface area (Å²) in [6, 6.07) is 0.263. The number of hydrogen-bond donors (Lipinski definition) is 1. The van der Waals surface area contributed by atoms with E-state index >= 15 is 0 Å². The number of piperidine rings is 1. The summed E-state index contributed by atoms with van der Waals surface area (Å²) in [4.78, 5) is 34.1. The van der Waals surface area contributed by atoms with Crippen LogP contribution in [0.15, 0.2) is 0 Å². The maximum Gasteiger partial charge on any atom is 0.223 e. The second-order valence-corrected chi connectivity index (χ2v) is 8.36. The van der Waals surface area contributed by atoms with Crippen molar-refractivity contribution in [2.45, 2.75) is 51.1 Å². The number of amides is 2. The van der Waals surface area contributed by atoms with E-state index in [1.54, 1.807) is 0 Å². The van der Waals surface area contributed by atoms with E-state index in [2.05, 4.69) is 4.90 Å². The van der Waals surface area contributed by atoms with Crippen LogP contribution in [-0.4, -0.2) is 52.3 Å². The molecule has 1 aromatic heterocycles. The third-order valence-corrected chi connectivity index (χ3v) is 6.70. The first-order chi connectivity index (χ1) is 11.6. The minimum Gasteiger partial charge on any atom is -0.369 e. The number of rotatable bonds is 4. The van der Waals surface area contributed by atoms with Crippen molar-refractivity contribution < 1.29 is 9.59 Å². The van der Waals surface area contributed by atoms with Gasteiger partial charge in [0.15, 0.2) is 0 Å². The van der Waals surface area contributed by atoms with Crippen molar-refractivity contribution >= 4 is 23.2 Å². The summed E-state index contributed by atoms with van der Waals surface area (Å²) in [6.45, 7) is 3.42. The number of nitrogens with two attached hydrogens (primary N) is 1. The van der Waals surface area contributed by atoms with Crippen LogP contribution in [0.5, 0.6) is 0 Å². The van der Waals surface area contributed by atoms with E-state index in [0.29, 0.717) is 13.0 Å². The average Bonchev–Trinajstić information content (AvgIpc) is 3.22. The van der Waals surface area contributed by atoms with Gasteiger partial charge in [-0.1, -0.05) is 0 Å². The Labute approximate surface area is 146 Å². The van der Waals surface area contributed by atoms with Crippen molar-refractivity contribution in [1.82, 2.24) is 14.8 Å². The highest BCUT2D eigenvalue weighted by Gasteiger charge is 2.38. The summed E-state index contributed by atoms with van der Waals surface area (Å²) in [5.41, 5.74) is 6.68. The number of aryl methyl sites for hydroxylation is 2. The Morgan fingerprint density at radius 1 is 1.29 bits per heavy atom. The Hall–Kier alpha value is -1.47. The number of primary amides is 1. The van der Waals surface area contributed by atoms with Crippen LogP contribution < -0.4 is 5.73 Å². The minimum atomic E-state index is -0.347. The number of thiazole rings is 1. The fourth-order valence-electron chi connectivity index (χ4n) is 4.17. The quantitative estimate of drug-likeness (QED) is 0.878. The molecule has 0 saturated carbocycles. The van der Waals surface area contributed by atoms with E-state index in [4.69, 9.17) is 10.7 Å². The average molecular weight is 348 g/mol. The van der Waals surface area contributed by atoms with Gasteiger partial charge in [0.05, 0.1) is 18.2 Å². The van der Waals surface area contributed by atoms with E-state index in [1.165, 1.54) is 28.4 Å². The van der Waals surface area contributed by atoms with Crippen LogP contribution in [0.3, 0.4) is 0 Å². The van der Waals surface area contributed by atoms with Gasteiger partial charge in [-0.25, -0.2) is 4.98 Å². The zero-order valence-corrected chi connectivity index (χ0v) is 14.7. The van der Waals surface area contributed by atoms with Crippen molar-refractivity contribution in [2.24, 2.45) is 11.7 Å². The topological polar surface area (TPSA) is 79.5 Å². The van der Waals surface area contributed by atoms with Gasteiger partial charge in [-0.05, 0) is 32.1 Å². The molecular formula is C17H24N4O2S. The number of nitrogens with zero attached hydrogens (tertiary/aromatic N) is 3. The molecule has 2 saturated heterocycles. The first-order valence-corrected chi connectivity index (χ1v) is 9.70. The van der Waals surface area contributed by atoms with E-state index in [-0.39, 0.29) is 23.8 Å². The molecule has 0 bridgehead atoms. The molecule has 1 aromatic rings. The molecule has 130 valence electrons. The zero-order chi connectivity index (χ0) is 16.7. The highest BCUT2D eigenvalue weighted by atomic mass is 32.1. The SMILES string of the molecule is NC(=O)C1CC(=O)N(C2CCN(Cc3nc4c(s3)CCC4)CC2)C1. The molecule has 3 aliphatic rings. The van der Waals surface area contributed by atoms with Crippen molar-refractivity contribution in [3.05, 3.63) is 15.6 Å². The lowest BCUT2D eigenvalue weighted by Gasteiger charge is -2.36. The number of aromatic nitrogens is 1. The van der Waals surface area contributed by atoms with Gasteiger partial charge in [-0.3, -0.25) is 14.5 Å². The lowest BCUT2D eigenvalue weighted by molar-refractivity contribution is -0.130. The Balaban J connectivity index is 1.30. The van der Waals surface area contributed by atoms with Gasteiger partial charge in [0.2, 0.25) is 11.8 Å². The molecule has 0 aromatic carbocycles. The number of likely N-dealkylation sites (tertiary alicyclic amines) is 2. The third kappa shape index (κ3) is 3.07. The van der Waals surface area contributed by atoms with Gasteiger partial charge in [-0.2, -0.15) is 0 Å². The van der Waals surface area contributed by atoms with Crippen LogP contribution >= 0.6 is 11.3 Å². The zero-order valence-electron chi connectivity index (χ0n) is 13.9. The van der Waals surface area contributed by atoms with Gasteiger partial charge in [0.25, 0.3) is 0 Å². The monoisotopic (exact) mass is 348 g/mol. The summed E-state index contributed by atoms with van der Waals surface area (Å²) in [7, 11) is 0. The summed E-state index contributed by atoms with van der Waals surface area (Å²) in [5, 5.41) is 1.24. The van der Waals surface area contributed by atoms with Gasteiger partial charge >= 0.3 is 0 Å². The molecule has 0 radical (unpaired) electrons. The summed E-state index contributed by atoms with van der Waals surface area (Å²) >= 11 is 1.88. The first-order valence-electron chi connectivity index (χ1n) is 8.88. The standard InChI is InChI=1S/C17H24N4O2S/c18-17(23)11-8-16(22)21(9-11)12-4-6-20(7-5-12)10-15-19-13-2-1-3-14(13)24-15/h11-12H,1-10H2,(H2,18,23). The fraction of sp³-hybridized carbons (Fsp3) is 0.706. The van der Waals surface area contributed by atoms with Crippen LogP contribution in [0.1, 0.15) is 41.3 Å². The smallest absolute Gasteiger partial charge is 0.223 e. The molecule has 6 nitrogen and oxygen atoms in total.